The number of nitrogens with zero attached hydrogens (tertiary/aromatic N) is 2. The van der Waals surface area contributed by atoms with E-state index in [-0.39, 0.29) is 22.4 Å². The van der Waals surface area contributed by atoms with Gasteiger partial charge in [0, 0.05) is 6.07 Å². The Morgan fingerprint density at radius 1 is 1.38 bits per heavy atom. The minimum Gasteiger partial charge on any atom is -0.345 e. The standard InChI is InChI=1S/C14H12ClN3O3/c1-9(10-5-3-2-4-6-10)17-14(19)12-7-11(18(20)21)8-16-13(12)15/h2-9H,1H3,(H,17,19)/t9-/m0/s1. The molecule has 21 heavy (non-hydrogen) atoms. The van der Waals surface area contributed by atoms with Gasteiger partial charge in [0.05, 0.1) is 16.5 Å². The van der Waals surface area contributed by atoms with Crippen LogP contribution >= 0.6 is 11.6 Å². The highest BCUT2D eigenvalue weighted by Crippen LogP contribution is 2.20. The van der Waals surface area contributed by atoms with Crippen LogP contribution in [0, 0.1) is 10.1 Å². The van der Waals surface area contributed by atoms with Crippen LogP contribution in [0.4, 0.5) is 5.69 Å². The van der Waals surface area contributed by atoms with E-state index in [1.165, 1.54) is 0 Å². The van der Waals surface area contributed by atoms with Crippen molar-refractivity contribution in [2.24, 2.45) is 0 Å². The van der Waals surface area contributed by atoms with Crippen LogP contribution < -0.4 is 5.32 Å². The van der Waals surface area contributed by atoms with Crippen molar-refractivity contribution >= 4 is 23.2 Å². The van der Waals surface area contributed by atoms with Gasteiger partial charge < -0.3 is 5.32 Å². The van der Waals surface area contributed by atoms with Gasteiger partial charge in [-0.15, -0.1) is 0 Å². The zero-order chi connectivity index (χ0) is 15.4. The monoisotopic (exact) mass is 305 g/mol. The number of nitro groups is 1. The molecule has 2 rings (SSSR count). The van der Waals surface area contributed by atoms with Gasteiger partial charge in [0.15, 0.2) is 0 Å². The van der Waals surface area contributed by atoms with Gasteiger partial charge in [-0.3, -0.25) is 14.9 Å². The maximum Gasteiger partial charge on any atom is 0.288 e. The van der Waals surface area contributed by atoms with Gasteiger partial charge in [-0.05, 0) is 12.5 Å². The van der Waals surface area contributed by atoms with Crippen molar-refractivity contribution in [3.8, 4) is 0 Å². The number of aromatic nitrogens is 1. The first-order chi connectivity index (χ1) is 9.99. The van der Waals surface area contributed by atoms with Crippen molar-refractivity contribution in [2.45, 2.75) is 13.0 Å². The van der Waals surface area contributed by atoms with Crippen molar-refractivity contribution < 1.29 is 9.72 Å². The van der Waals surface area contributed by atoms with Crippen LogP contribution in [0.15, 0.2) is 42.6 Å². The Balaban J connectivity index is 2.21. The number of carbonyl (C=O) groups excluding carboxylic acids is 1. The fourth-order valence-corrected chi connectivity index (χ4v) is 1.98. The van der Waals surface area contributed by atoms with E-state index in [1.54, 1.807) is 0 Å². The third-order valence-electron chi connectivity index (χ3n) is 2.93. The number of rotatable bonds is 4. The number of benzene rings is 1. The predicted molar refractivity (Wildman–Crippen MR) is 78.2 cm³/mol. The van der Waals surface area contributed by atoms with E-state index in [9.17, 15) is 14.9 Å². The van der Waals surface area contributed by atoms with E-state index < -0.39 is 10.8 Å². The Morgan fingerprint density at radius 2 is 2.05 bits per heavy atom. The lowest BCUT2D eigenvalue weighted by atomic mass is 10.1. The van der Waals surface area contributed by atoms with Crippen molar-refractivity contribution in [1.82, 2.24) is 10.3 Å². The number of nitrogens with one attached hydrogen (secondary N) is 1. The molecule has 1 atom stereocenters. The molecule has 0 unspecified atom stereocenters. The summed E-state index contributed by atoms with van der Waals surface area (Å²) in [5, 5.41) is 13.4. The highest BCUT2D eigenvalue weighted by atomic mass is 35.5. The van der Waals surface area contributed by atoms with Crippen molar-refractivity contribution in [2.75, 3.05) is 0 Å². The molecule has 6 nitrogen and oxygen atoms in total. The van der Waals surface area contributed by atoms with E-state index in [4.69, 9.17) is 11.6 Å². The minimum atomic E-state index is -0.624. The molecule has 0 aliphatic carbocycles. The molecule has 1 N–H and O–H groups in total. The van der Waals surface area contributed by atoms with Crippen LogP contribution in [-0.4, -0.2) is 15.8 Å². The first kappa shape index (κ1) is 14.9. The van der Waals surface area contributed by atoms with Crippen molar-refractivity contribution in [1.29, 1.82) is 0 Å². The van der Waals surface area contributed by atoms with Crippen molar-refractivity contribution in [3.05, 3.63) is 69.0 Å². The van der Waals surface area contributed by atoms with E-state index in [1.807, 2.05) is 37.3 Å². The molecule has 1 amide bonds. The van der Waals surface area contributed by atoms with E-state index in [0.717, 1.165) is 17.8 Å². The van der Waals surface area contributed by atoms with Crippen LogP contribution in [0.25, 0.3) is 0 Å². The summed E-state index contributed by atoms with van der Waals surface area (Å²) in [5.74, 6) is -0.507. The number of carbonyl (C=O) groups is 1. The number of amides is 1. The summed E-state index contributed by atoms with van der Waals surface area (Å²) < 4.78 is 0. The second-order valence-electron chi connectivity index (χ2n) is 4.39. The zero-order valence-corrected chi connectivity index (χ0v) is 11.9. The smallest absolute Gasteiger partial charge is 0.288 e. The average molecular weight is 306 g/mol. The summed E-state index contributed by atoms with van der Waals surface area (Å²) in [4.78, 5) is 25.9. The van der Waals surface area contributed by atoms with Crippen LogP contribution in [0.2, 0.25) is 5.15 Å². The molecule has 0 radical (unpaired) electrons. The Hall–Kier alpha value is -2.47. The molecule has 0 bridgehead atoms. The highest BCUT2D eigenvalue weighted by molar-refractivity contribution is 6.32. The highest BCUT2D eigenvalue weighted by Gasteiger charge is 2.18. The van der Waals surface area contributed by atoms with Gasteiger partial charge in [-0.1, -0.05) is 41.9 Å². The number of halogens is 1. The largest absolute Gasteiger partial charge is 0.345 e. The van der Waals surface area contributed by atoms with Gasteiger partial charge in [-0.25, -0.2) is 4.98 Å². The number of hydrogen-bond donors (Lipinski definition) is 1. The number of hydrogen-bond acceptors (Lipinski definition) is 4. The van der Waals surface area contributed by atoms with E-state index in [2.05, 4.69) is 10.3 Å². The molecule has 0 saturated heterocycles. The second-order valence-corrected chi connectivity index (χ2v) is 4.75. The molecular weight excluding hydrogens is 294 g/mol. The maximum atomic E-state index is 12.2. The zero-order valence-electron chi connectivity index (χ0n) is 11.1. The third kappa shape index (κ3) is 3.55. The molecule has 2 aromatic rings. The molecule has 1 aromatic heterocycles. The van der Waals surface area contributed by atoms with Gasteiger partial charge in [0.2, 0.25) is 0 Å². The topological polar surface area (TPSA) is 85.1 Å². The van der Waals surface area contributed by atoms with Gasteiger partial charge in [-0.2, -0.15) is 0 Å². The second kappa shape index (κ2) is 6.32. The fourth-order valence-electron chi connectivity index (χ4n) is 1.80. The third-order valence-corrected chi connectivity index (χ3v) is 3.23. The minimum absolute atomic E-state index is 0.0198. The molecule has 0 fully saturated rings. The van der Waals surface area contributed by atoms with Crippen LogP contribution in [0.3, 0.4) is 0 Å². The van der Waals surface area contributed by atoms with Gasteiger partial charge in [0.1, 0.15) is 11.3 Å². The Labute approximate surface area is 125 Å². The molecule has 1 aromatic carbocycles. The number of pyridine rings is 1. The summed E-state index contributed by atoms with van der Waals surface area (Å²) >= 11 is 5.83. The Morgan fingerprint density at radius 3 is 2.67 bits per heavy atom. The van der Waals surface area contributed by atoms with E-state index in [0.29, 0.717) is 0 Å². The molecule has 0 aliphatic heterocycles. The lowest BCUT2D eigenvalue weighted by molar-refractivity contribution is -0.385. The maximum absolute atomic E-state index is 12.2. The molecule has 0 aliphatic rings. The summed E-state index contributed by atoms with van der Waals surface area (Å²) in [6, 6.07) is 10.2. The SMILES string of the molecule is C[C@H](NC(=O)c1cc([N+](=O)[O-])cnc1Cl)c1ccccc1. The van der Waals surface area contributed by atoms with E-state index >= 15 is 0 Å². The normalized spacial score (nSPS) is 11.7. The molecule has 108 valence electrons. The summed E-state index contributed by atoms with van der Waals surface area (Å²) in [7, 11) is 0. The van der Waals surface area contributed by atoms with Gasteiger partial charge >= 0.3 is 0 Å². The molecule has 0 spiro atoms. The lowest BCUT2D eigenvalue weighted by Crippen LogP contribution is -2.27. The van der Waals surface area contributed by atoms with Crippen LogP contribution in [0.1, 0.15) is 28.9 Å². The molecule has 7 heteroatoms. The van der Waals surface area contributed by atoms with Crippen LogP contribution in [0.5, 0.6) is 0 Å². The van der Waals surface area contributed by atoms with Gasteiger partial charge in [0.25, 0.3) is 11.6 Å². The molecular formula is C14H12ClN3O3. The van der Waals surface area contributed by atoms with Crippen molar-refractivity contribution in [3.63, 3.8) is 0 Å². The van der Waals surface area contributed by atoms with Crippen LogP contribution in [-0.2, 0) is 0 Å². The quantitative estimate of drug-likeness (QED) is 0.534. The molecule has 1 heterocycles. The summed E-state index contributed by atoms with van der Waals surface area (Å²) in [6.07, 6.45) is 1.01. The fraction of sp³-hybridized carbons (Fsp3) is 0.143. The Kier molecular flexibility index (Phi) is 4.49. The molecule has 0 saturated carbocycles. The first-order valence-corrected chi connectivity index (χ1v) is 6.52. The Bertz CT molecular complexity index is 676. The predicted octanol–water partition coefficient (Wildman–Crippen LogP) is 3.13. The summed E-state index contributed by atoms with van der Waals surface area (Å²) in [5.41, 5.74) is 0.617. The lowest BCUT2D eigenvalue weighted by Gasteiger charge is -2.14. The first-order valence-electron chi connectivity index (χ1n) is 6.15. The summed E-state index contributed by atoms with van der Waals surface area (Å²) in [6.45, 7) is 1.81. The average Bonchev–Trinajstić information content (AvgIpc) is 2.48.